The molecule has 0 saturated heterocycles. The molecule has 2 aromatic carbocycles. The van der Waals surface area contributed by atoms with Crippen LogP contribution < -0.4 is 24.8 Å². The molecule has 2 atom stereocenters. The van der Waals surface area contributed by atoms with Gasteiger partial charge in [0, 0.05) is 0 Å². The quantitative estimate of drug-likeness (QED) is 0.496. The van der Waals surface area contributed by atoms with Crippen LogP contribution in [0.25, 0.3) is 11.1 Å². The summed E-state index contributed by atoms with van der Waals surface area (Å²) >= 11 is -1.80. The summed E-state index contributed by atoms with van der Waals surface area (Å²) in [6, 6.07) is 18.7. The SMILES string of the molecule is CCCC1=C[CH]([Zr+2]([CH]2C=C(CCC)c3ccccc32)=[Si](C)C)c2ccccc21.[Cl-].[Cl-]. The summed E-state index contributed by atoms with van der Waals surface area (Å²) in [7, 11) is 0. The van der Waals surface area contributed by atoms with Gasteiger partial charge >= 0.3 is 180 Å². The van der Waals surface area contributed by atoms with Crippen LogP contribution in [0.4, 0.5) is 0 Å². The van der Waals surface area contributed by atoms with Crippen LogP contribution in [0.5, 0.6) is 0 Å². The molecule has 158 valence electrons. The summed E-state index contributed by atoms with van der Waals surface area (Å²) in [5, 5.41) is 0. The summed E-state index contributed by atoms with van der Waals surface area (Å²) in [6.07, 6.45) is 10.4. The molecule has 2 aromatic rings. The number of benzene rings is 2. The molecular formula is C26H32Cl2SiZr. The van der Waals surface area contributed by atoms with Crippen LogP contribution >= 0.6 is 0 Å². The van der Waals surface area contributed by atoms with Crippen molar-refractivity contribution in [3.8, 4) is 0 Å². The number of fused-ring (bicyclic) bond motifs is 2. The first-order chi connectivity index (χ1) is 13.7. The molecule has 4 heteroatoms. The molecule has 0 aromatic heterocycles. The third kappa shape index (κ3) is 4.83. The van der Waals surface area contributed by atoms with Crippen LogP contribution in [0.3, 0.4) is 0 Å². The Morgan fingerprint density at radius 1 is 0.700 bits per heavy atom. The molecule has 0 N–H and O–H groups in total. The fraction of sp³-hybridized carbons (Fsp3) is 0.385. The minimum atomic E-state index is -1.80. The molecule has 0 bridgehead atoms. The number of halogens is 2. The van der Waals surface area contributed by atoms with Crippen molar-refractivity contribution < 1.29 is 45.2 Å². The number of hydrogen-bond acceptors (Lipinski definition) is 0. The Bertz CT molecular complexity index is 913. The van der Waals surface area contributed by atoms with Crippen LogP contribution in [-0.4, -0.2) is 5.43 Å². The second-order valence-electron chi connectivity index (χ2n) is 8.47. The summed E-state index contributed by atoms with van der Waals surface area (Å²) in [6.45, 7) is 9.86. The molecular weight excluding hydrogens is 503 g/mol. The third-order valence-electron chi connectivity index (χ3n) is 6.31. The molecule has 0 radical (unpaired) electrons. The van der Waals surface area contributed by atoms with Gasteiger partial charge in [0.05, 0.1) is 0 Å². The molecule has 0 spiro atoms. The summed E-state index contributed by atoms with van der Waals surface area (Å²) in [4.78, 5) is 0. The number of rotatable bonds is 6. The summed E-state index contributed by atoms with van der Waals surface area (Å²) in [5.41, 5.74) is 9.45. The largest absolute Gasteiger partial charge is 1.00 e. The Morgan fingerprint density at radius 2 is 1.10 bits per heavy atom. The normalized spacial score (nSPS) is 18.1. The molecule has 0 nitrogen and oxygen atoms in total. The standard InChI is InChI=1S/2C12H13.C2H6Si.2ClH.Zr/c2*1-2-5-10-8-9-11-6-3-4-7-12(10)11;1-3-2;;;/h2*3-4,6-9H,2,5H2,1H3;1-2H3;2*1H;/q;;;;;+2/p-2. The van der Waals surface area contributed by atoms with Gasteiger partial charge in [-0.15, -0.1) is 0 Å². The number of allylic oxidation sites excluding steroid dienone is 4. The molecule has 0 fully saturated rings. The Balaban J connectivity index is 0.00000160. The van der Waals surface area contributed by atoms with Crippen LogP contribution in [-0.2, 0) is 20.4 Å². The van der Waals surface area contributed by atoms with Crippen molar-refractivity contribution in [3.05, 3.63) is 82.9 Å². The van der Waals surface area contributed by atoms with Crippen LogP contribution in [0, 0.1) is 0 Å². The van der Waals surface area contributed by atoms with E-state index in [0.717, 1.165) is 7.25 Å². The van der Waals surface area contributed by atoms with Gasteiger partial charge in [-0.05, 0) is 0 Å². The monoisotopic (exact) mass is 532 g/mol. The first kappa shape index (κ1) is 25.9. The van der Waals surface area contributed by atoms with Crippen LogP contribution in [0.15, 0.2) is 60.7 Å². The molecule has 0 heterocycles. The zero-order chi connectivity index (χ0) is 19.7. The predicted octanol–water partition coefficient (Wildman–Crippen LogP) is 1.74. The minimum absolute atomic E-state index is 0. The fourth-order valence-electron chi connectivity index (χ4n) is 5.19. The smallest absolute Gasteiger partial charge is 1.00 e. The average molecular weight is 535 g/mol. The van der Waals surface area contributed by atoms with Crippen LogP contribution in [0.2, 0.25) is 13.1 Å². The maximum Gasteiger partial charge on any atom is -1.00 e. The molecule has 2 aliphatic rings. The second-order valence-corrected chi connectivity index (χ2v) is 26.6. The van der Waals surface area contributed by atoms with Gasteiger partial charge in [0.1, 0.15) is 0 Å². The van der Waals surface area contributed by atoms with E-state index in [1.165, 1.54) is 25.7 Å². The van der Waals surface area contributed by atoms with E-state index < -0.39 is 20.4 Å². The van der Waals surface area contributed by atoms with Gasteiger partial charge in [0.25, 0.3) is 0 Å². The van der Waals surface area contributed by atoms with Crippen molar-refractivity contribution in [2.75, 3.05) is 0 Å². The molecule has 0 amide bonds. The van der Waals surface area contributed by atoms with E-state index in [4.69, 9.17) is 0 Å². The van der Waals surface area contributed by atoms with Crippen LogP contribution in [0.1, 0.15) is 69.0 Å². The zero-order valence-electron chi connectivity index (χ0n) is 18.5. The minimum Gasteiger partial charge on any atom is -1.00 e. The van der Waals surface area contributed by atoms with E-state index in [2.05, 4.69) is 87.6 Å². The van der Waals surface area contributed by atoms with Crippen molar-refractivity contribution in [1.82, 2.24) is 0 Å². The van der Waals surface area contributed by atoms with Crippen molar-refractivity contribution in [2.24, 2.45) is 0 Å². The van der Waals surface area contributed by atoms with Crippen molar-refractivity contribution in [1.29, 1.82) is 0 Å². The van der Waals surface area contributed by atoms with Crippen molar-refractivity contribution in [3.63, 3.8) is 0 Å². The van der Waals surface area contributed by atoms with Gasteiger partial charge in [0.15, 0.2) is 0 Å². The van der Waals surface area contributed by atoms with E-state index in [-0.39, 0.29) is 30.2 Å². The Labute approximate surface area is 203 Å². The summed E-state index contributed by atoms with van der Waals surface area (Å²) in [5.74, 6) is 0. The molecule has 30 heavy (non-hydrogen) atoms. The number of hydrogen-bond donors (Lipinski definition) is 0. The molecule has 2 unspecified atom stereocenters. The molecule has 4 rings (SSSR count). The van der Waals surface area contributed by atoms with Gasteiger partial charge < -0.3 is 24.8 Å². The third-order valence-corrected chi connectivity index (χ3v) is 25.3. The van der Waals surface area contributed by atoms with Gasteiger partial charge in [-0.2, -0.15) is 0 Å². The average Bonchev–Trinajstić information content (AvgIpc) is 3.23. The maximum atomic E-state index is 2.73. The molecule has 0 saturated carbocycles. The van der Waals surface area contributed by atoms with E-state index in [9.17, 15) is 0 Å². The maximum absolute atomic E-state index is 2.73. The fourth-order valence-corrected chi connectivity index (χ4v) is 24.1. The second kappa shape index (κ2) is 11.5. The van der Waals surface area contributed by atoms with Crippen molar-refractivity contribution >= 4 is 16.6 Å². The summed E-state index contributed by atoms with van der Waals surface area (Å²) < 4.78 is 1.53. The predicted molar refractivity (Wildman–Crippen MR) is 122 cm³/mol. The molecule has 2 aliphatic carbocycles. The zero-order valence-corrected chi connectivity index (χ0v) is 23.5. The first-order valence-corrected chi connectivity index (χ1v) is 20.0. The Hall–Kier alpha value is -0.400. The van der Waals surface area contributed by atoms with Gasteiger partial charge in [0.2, 0.25) is 0 Å². The Morgan fingerprint density at radius 3 is 1.47 bits per heavy atom. The molecule has 0 aliphatic heterocycles. The van der Waals surface area contributed by atoms with E-state index >= 15 is 0 Å². The first-order valence-electron chi connectivity index (χ1n) is 10.9. The van der Waals surface area contributed by atoms with Gasteiger partial charge in [-0.25, -0.2) is 0 Å². The van der Waals surface area contributed by atoms with Crippen molar-refractivity contribution in [2.45, 2.75) is 59.9 Å². The van der Waals surface area contributed by atoms with E-state index in [1.807, 2.05) is 0 Å². The van der Waals surface area contributed by atoms with Gasteiger partial charge in [-0.3, -0.25) is 0 Å². The Kier molecular flexibility index (Phi) is 9.88. The topological polar surface area (TPSA) is 0 Å². The van der Waals surface area contributed by atoms with E-state index in [0.29, 0.717) is 0 Å². The van der Waals surface area contributed by atoms with E-state index in [1.54, 1.807) is 33.4 Å². The van der Waals surface area contributed by atoms with Gasteiger partial charge in [-0.1, -0.05) is 0 Å².